The predicted octanol–water partition coefficient (Wildman–Crippen LogP) is 3.19. The van der Waals surface area contributed by atoms with E-state index in [0.717, 1.165) is 75.5 Å². The van der Waals surface area contributed by atoms with Crippen molar-refractivity contribution in [3.8, 4) is 0 Å². The third-order valence-electron chi connectivity index (χ3n) is 6.16. The van der Waals surface area contributed by atoms with Crippen LogP contribution in [0.15, 0.2) is 43.0 Å². The molecule has 1 amide bonds. The van der Waals surface area contributed by atoms with Crippen molar-refractivity contribution in [3.05, 3.63) is 53.6 Å². The molecule has 0 N–H and O–H groups in total. The van der Waals surface area contributed by atoms with Crippen molar-refractivity contribution >= 4 is 17.5 Å². The Bertz CT molecular complexity index is 745. The van der Waals surface area contributed by atoms with Gasteiger partial charge in [0.15, 0.2) is 0 Å². The Hall–Kier alpha value is -1.85. The van der Waals surface area contributed by atoms with Gasteiger partial charge in [-0.3, -0.25) is 9.69 Å². The second-order valence-electron chi connectivity index (χ2n) is 7.73. The van der Waals surface area contributed by atoms with Crippen LogP contribution in [0.1, 0.15) is 31.2 Å². The molecule has 27 heavy (non-hydrogen) atoms. The monoisotopic (exact) mass is 386 g/mol. The Balaban J connectivity index is 1.39. The fraction of sp³-hybridized carbons (Fsp3) is 0.524. The first-order chi connectivity index (χ1) is 13.2. The van der Waals surface area contributed by atoms with Crippen molar-refractivity contribution in [2.75, 3.05) is 32.7 Å². The Morgan fingerprint density at radius 3 is 2.37 bits per heavy atom. The van der Waals surface area contributed by atoms with Crippen LogP contribution in [-0.2, 0) is 16.8 Å². The van der Waals surface area contributed by atoms with E-state index in [1.54, 1.807) is 0 Å². The van der Waals surface area contributed by atoms with E-state index in [1.807, 2.05) is 43.0 Å². The normalized spacial score (nSPS) is 20.1. The molecule has 6 heteroatoms. The highest BCUT2D eigenvalue weighted by molar-refractivity contribution is 6.30. The molecule has 0 radical (unpaired) electrons. The van der Waals surface area contributed by atoms with Gasteiger partial charge < -0.3 is 9.47 Å². The Morgan fingerprint density at radius 1 is 1.04 bits per heavy atom. The van der Waals surface area contributed by atoms with Crippen LogP contribution in [0.25, 0.3) is 0 Å². The molecule has 4 rings (SSSR count). The zero-order valence-corrected chi connectivity index (χ0v) is 16.4. The van der Waals surface area contributed by atoms with Gasteiger partial charge in [-0.1, -0.05) is 36.6 Å². The Labute approximate surface area is 165 Å². The van der Waals surface area contributed by atoms with E-state index in [4.69, 9.17) is 11.6 Å². The minimum Gasteiger partial charge on any atom is -0.339 e. The third-order valence-corrected chi connectivity index (χ3v) is 6.41. The molecule has 2 aromatic rings. The van der Waals surface area contributed by atoms with Gasteiger partial charge in [0.1, 0.15) is 0 Å². The highest BCUT2D eigenvalue weighted by Crippen LogP contribution is 2.43. The van der Waals surface area contributed by atoms with Gasteiger partial charge in [0.25, 0.3) is 0 Å². The number of hydrogen-bond donors (Lipinski definition) is 0. The first-order valence-corrected chi connectivity index (χ1v) is 10.3. The van der Waals surface area contributed by atoms with E-state index in [1.165, 1.54) is 0 Å². The fourth-order valence-corrected chi connectivity index (χ4v) is 4.65. The standard InChI is InChI=1S/C21H27ClN4O/c22-19-5-3-18(4-6-19)21(7-1-2-8-21)20(27)26-15-13-24(14-16-26)11-12-25-10-9-23-17-25/h3-6,9-10,17H,1-2,7-8,11-16H2. The average molecular weight is 387 g/mol. The second kappa shape index (κ2) is 8.03. The van der Waals surface area contributed by atoms with Crippen LogP contribution in [-0.4, -0.2) is 58.0 Å². The first kappa shape index (κ1) is 18.5. The van der Waals surface area contributed by atoms with Crippen molar-refractivity contribution in [2.24, 2.45) is 0 Å². The number of hydrogen-bond acceptors (Lipinski definition) is 3. The SMILES string of the molecule is O=C(N1CCN(CCn2ccnc2)CC1)C1(c2ccc(Cl)cc2)CCCC1. The maximum absolute atomic E-state index is 13.5. The number of carbonyl (C=O) groups is 1. The second-order valence-corrected chi connectivity index (χ2v) is 8.17. The topological polar surface area (TPSA) is 41.4 Å². The van der Waals surface area contributed by atoms with Gasteiger partial charge in [-0.15, -0.1) is 0 Å². The van der Waals surface area contributed by atoms with Crippen molar-refractivity contribution in [1.82, 2.24) is 19.4 Å². The van der Waals surface area contributed by atoms with Crippen LogP contribution in [0.2, 0.25) is 5.02 Å². The summed E-state index contributed by atoms with van der Waals surface area (Å²) in [4.78, 5) is 22.1. The molecule has 1 aromatic heterocycles. The molecule has 1 saturated heterocycles. The molecule has 5 nitrogen and oxygen atoms in total. The molecular weight excluding hydrogens is 360 g/mol. The summed E-state index contributed by atoms with van der Waals surface area (Å²) in [5.74, 6) is 0.316. The molecule has 1 aliphatic carbocycles. The Morgan fingerprint density at radius 2 is 1.74 bits per heavy atom. The number of aromatic nitrogens is 2. The number of rotatable bonds is 5. The van der Waals surface area contributed by atoms with E-state index in [9.17, 15) is 4.79 Å². The lowest BCUT2D eigenvalue weighted by atomic mass is 9.77. The van der Waals surface area contributed by atoms with E-state index in [0.29, 0.717) is 5.91 Å². The number of carbonyl (C=O) groups excluding carboxylic acids is 1. The Kier molecular flexibility index (Phi) is 5.50. The highest BCUT2D eigenvalue weighted by Gasteiger charge is 2.45. The van der Waals surface area contributed by atoms with Crippen molar-refractivity contribution in [1.29, 1.82) is 0 Å². The van der Waals surface area contributed by atoms with E-state index >= 15 is 0 Å². The maximum Gasteiger partial charge on any atom is 0.233 e. The summed E-state index contributed by atoms with van der Waals surface area (Å²) in [6.45, 7) is 5.47. The van der Waals surface area contributed by atoms with Crippen molar-refractivity contribution in [3.63, 3.8) is 0 Å². The molecular formula is C21H27ClN4O. The van der Waals surface area contributed by atoms with E-state index < -0.39 is 0 Å². The lowest BCUT2D eigenvalue weighted by molar-refractivity contribution is -0.139. The van der Waals surface area contributed by atoms with Crippen LogP contribution in [0, 0.1) is 0 Å². The lowest BCUT2D eigenvalue weighted by Crippen LogP contribution is -2.54. The molecule has 1 aliphatic heterocycles. The summed E-state index contributed by atoms with van der Waals surface area (Å²) in [7, 11) is 0. The summed E-state index contributed by atoms with van der Waals surface area (Å²) >= 11 is 6.07. The van der Waals surface area contributed by atoms with Gasteiger partial charge in [0, 0.05) is 56.7 Å². The minimum atomic E-state index is -0.344. The molecule has 144 valence electrons. The zero-order valence-electron chi connectivity index (χ0n) is 15.7. The summed E-state index contributed by atoms with van der Waals surface area (Å²) in [5, 5.41) is 0.728. The first-order valence-electron chi connectivity index (χ1n) is 9.91. The van der Waals surface area contributed by atoms with Gasteiger partial charge in [0.2, 0.25) is 5.91 Å². The summed E-state index contributed by atoms with van der Waals surface area (Å²) in [6, 6.07) is 7.93. The highest BCUT2D eigenvalue weighted by atomic mass is 35.5. The van der Waals surface area contributed by atoms with Crippen LogP contribution < -0.4 is 0 Å². The average Bonchev–Trinajstić information content (AvgIpc) is 3.39. The minimum absolute atomic E-state index is 0.316. The summed E-state index contributed by atoms with van der Waals surface area (Å²) in [6.07, 6.45) is 9.82. The van der Waals surface area contributed by atoms with Crippen molar-refractivity contribution < 1.29 is 4.79 Å². The lowest BCUT2D eigenvalue weighted by Gasteiger charge is -2.40. The quantitative estimate of drug-likeness (QED) is 0.792. The van der Waals surface area contributed by atoms with E-state index in [-0.39, 0.29) is 5.41 Å². The molecule has 2 fully saturated rings. The van der Waals surface area contributed by atoms with Crippen LogP contribution in [0.5, 0.6) is 0 Å². The molecule has 0 bridgehead atoms. The number of nitrogens with zero attached hydrogens (tertiary/aromatic N) is 4. The van der Waals surface area contributed by atoms with Crippen LogP contribution in [0.3, 0.4) is 0 Å². The number of amides is 1. The van der Waals surface area contributed by atoms with E-state index in [2.05, 4.69) is 19.4 Å². The predicted molar refractivity (Wildman–Crippen MR) is 107 cm³/mol. The van der Waals surface area contributed by atoms with Gasteiger partial charge in [0.05, 0.1) is 11.7 Å². The largest absolute Gasteiger partial charge is 0.339 e. The molecule has 0 spiro atoms. The molecule has 0 atom stereocenters. The van der Waals surface area contributed by atoms with Gasteiger partial charge in [-0.05, 0) is 30.5 Å². The molecule has 1 aromatic carbocycles. The third kappa shape index (κ3) is 3.90. The van der Waals surface area contributed by atoms with Crippen LogP contribution in [0.4, 0.5) is 0 Å². The smallest absolute Gasteiger partial charge is 0.233 e. The number of halogens is 1. The molecule has 2 aliphatic rings. The van der Waals surface area contributed by atoms with Gasteiger partial charge in [-0.2, -0.15) is 0 Å². The molecule has 0 unspecified atom stereocenters. The van der Waals surface area contributed by atoms with Crippen molar-refractivity contribution in [2.45, 2.75) is 37.6 Å². The zero-order chi connectivity index (χ0) is 18.7. The molecule has 1 saturated carbocycles. The number of piperazine rings is 1. The van der Waals surface area contributed by atoms with Gasteiger partial charge in [-0.25, -0.2) is 4.98 Å². The van der Waals surface area contributed by atoms with Gasteiger partial charge >= 0.3 is 0 Å². The maximum atomic E-state index is 13.5. The fourth-order valence-electron chi connectivity index (χ4n) is 4.53. The summed E-state index contributed by atoms with van der Waals surface area (Å²) in [5.41, 5.74) is 0.792. The number of benzene rings is 1. The summed E-state index contributed by atoms with van der Waals surface area (Å²) < 4.78 is 2.10. The molecule has 2 heterocycles. The van der Waals surface area contributed by atoms with Crippen LogP contribution >= 0.6 is 11.6 Å². The number of imidazole rings is 1.